The first-order valence-electron chi connectivity index (χ1n) is 4.95. The summed E-state index contributed by atoms with van der Waals surface area (Å²) in [5.74, 6) is 0. The maximum atomic E-state index is 9.21. The molecule has 1 aliphatic carbocycles. The lowest BCUT2D eigenvalue weighted by molar-refractivity contribution is 0.0437. The largest absolute Gasteiger partial charge is 0.393 e. The Hall–Kier alpha value is -1.35. The summed E-state index contributed by atoms with van der Waals surface area (Å²) in [7, 11) is 0. The number of hydrogen-bond acceptors (Lipinski definition) is 2. The van der Waals surface area contributed by atoms with Crippen molar-refractivity contribution in [1.82, 2.24) is 9.78 Å². The molecule has 0 unspecified atom stereocenters. The van der Waals surface area contributed by atoms with Gasteiger partial charge in [-0.25, -0.2) is 0 Å². The topological polar surface area (TPSA) is 38.0 Å². The molecule has 14 heavy (non-hydrogen) atoms. The molecule has 0 atom stereocenters. The minimum Gasteiger partial charge on any atom is -0.393 e. The van der Waals surface area contributed by atoms with Gasteiger partial charge in [-0.15, -0.1) is 0 Å². The molecule has 3 heteroatoms. The third-order valence-corrected chi connectivity index (χ3v) is 2.89. The van der Waals surface area contributed by atoms with Crippen molar-refractivity contribution in [3.63, 3.8) is 0 Å². The molecule has 0 spiro atoms. The maximum absolute atomic E-state index is 9.21. The third-order valence-electron chi connectivity index (χ3n) is 2.89. The molecule has 1 aromatic heterocycles. The van der Waals surface area contributed by atoms with Gasteiger partial charge in [-0.2, -0.15) is 5.10 Å². The van der Waals surface area contributed by atoms with E-state index in [2.05, 4.69) is 17.4 Å². The van der Waals surface area contributed by atoms with Crippen LogP contribution in [-0.4, -0.2) is 21.0 Å². The van der Waals surface area contributed by atoms with E-state index >= 15 is 0 Å². The highest BCUT2D eigenvalue weighted by molar-refractivity contribution is 5.77. The van der Waals surface area contributed by atoms with Crippen molar-refractivity contribution in [2.24, 2.45) is 0 Å². The van der Waals surface area contributed by atoms with E-state index in [4.69, 9.17) is 0 Å². The van der Waals surface area contributed by atoms with Crippen molar-refractivity contribution in [1.29, 1.82) is 0 Å². The first-order chi connectivity index (χ1) is 6.83. The monoisotopic (exact) mass is 188 g/mol. The summed E-state index contributed by atoms with van der Waals surface area (Å²) < 4.78 is 1.98. The van der Waals surface area contributed by atoms with Crippen LogP contribution in [0.5, 0.6) is 0 Å². The maximum Gasteiger partial charge on any atom is 0.0923 e. The smallest absolute Gasteiger partial charge is 0.0923 e. The average Bonchev–Trinajstić information content (AvgIpc) is 2.55. The fourth-order valence-corrected chi connectivity index (χ4v) is 1.95. The summed E-state index contributed by atoms with van der Waals surface area (Å²) in [5.41, 5.74) is 1.04. The standard InChI is InChI=1S/C11H12N2O/c14-10-5-9(6-10)13-7-8-3-1-2-4-11(8)12-13/h1-4,7,9-10,14H,5-6H2. The highest BCUT2D eigenvalue weighted by Gasteiger charge is 2.29. The zero-order valence-electron chi connectivity index (χ0n) is 7.80. The first-order valence-corrected chi connectivity index (χ1v) is 4.95. The van der Waals surface area contributed by atoms with Crippen LogP contribution in [-0.2, 0) is 0 Å². The number of hydrogen-bond donors (Lipinski definition) is 1. The van der Waals surface area contributed by atoms with Crippen molar-refractivity contribution in [3.05, 3.63) is 30.5 Å². The van der Waals surface area contributed by atoms with Gasteiger partial charge in [0.25, 0.3) is 0 Å². The minimum atomic E-state index is -0.118. The Labute approximate surface area is 82.0 Å². The zero-order chi connectivity index (χ0) is 9.54. The Bertz CT molecular complexity index is 424. The van der Waals surface area contributed by atoms with Crippen LogP contribution in [0.4, 0.5) is 0 Å². The Morgan fingerprint density at radius 2 is 2.07 bits per heavy atom. The van der Waals surface area contributed by atoms with Crippen molar-refractivity contribution in [2.75, 3.05) is 0 Å². The summed E-state index contributed by atoms with van der Waals surface area (Å²) >= 11 is 0. The lowest BCUT2D eigenvalue weighted by atomic mass is 9.90. The third kappa shape index (κ3) is 1.13. The number of nitrogens with zero attached hydrogens (tertiary/aromatic N) is 2. The SMILES string of the molecule is OC1CC(n2cc3ccccc3n2)C1. The molecule has 1 aromatic carbocycles. The summed E-state index contributed by atoms with van der Waals surface area (Å²) in [4.78, 5) is 0. The van der Waals surface area contributed by atoms with E-state index in [0.29, 0.717) is 6.04 Å². The molecule has 0 aliphatic heterocycles. The average molecular weight is 188 g/mol. The first kappa shape index (κ1) is 8.00. The van der Waals surface area contributed by atoms with Crippen LogP contribution in [0.2, 0.25) is 0 Å². The van der Waals surface area contributed by atoms with Gasteiger partial charge in [-0.3, -0.25) is 4.68 Å². The van der Waals surface area contributed by atoms with E-state index in [1.54, 1.807) is 0 Å². The van der Waals surface area contributed by atoms with E-state index in [1.807, 2.05) is 22.9 Å². The van der Waals surface area contributed by atoms with Gasteiger partial charge in [0.05, 0.1) is 17.7 Å². The van der Waals surface area contributed by atoms with Gasteiger partial charge in [-0.1, -0.05) is 18.2 Å². The lowest BCUT2D eigenvalue weighted by Crippen LogP contribution is -2.30. The van der Waals surface area contributed by atoms with Gasteiger partial charge in [0.2, 0.25) is 0 Å². The van der Waals surface area contributed by atoms with E-state index < -0.39 is 0 Å². The van der Waals surface area contributed by atoms with E-state index in [-0.39, 0.29) is 6.10 Å². The Kier molecular flexibility index (Phi) is 1.61. The van der Waals surface area contributed by atoms with Crippen LogP contribution < -0.4 is 0 Å². The second kappa shape index (κ2) is 2.82. The second-order valence-corrected chi connectivity index (χ2v) is 3.95. The fourth-order valence-electron chi connectivity index (χ4n) is 1.95. The normalized spacial score (nSPS) is 26.4. The van der Waals surface area contributed by atoms with E-state index in [1.165, 1.54) is 5.39 Å². The summed E-state index contributed by atoms with van der Waals surface area (Å²) in [5, 5.41) is 14.9. The van der Waals surface area contributed by atoms with Gasteiger partial charge in [0, 0.05) is 11.6 Å². The van der Waals surface area contributed by atoms with Gasteiger partial charge in [0.1, 0.15) is 0 Å². The molecule has 0 bridgehead atoms. The molecule has 1 saturated carbocycles. The van der Waals surface area contributed by atoms with E-state index in [0.717, 1.165) is 18.4 Å². The molecule has 0 amide bonds. The van der Waals surface area contributed by atoms with Gasteiger partial charge in [-0.05, 0) is 18.9 Å². The molecule has 1 aliphatic rings. The lowest BCUT2D eigenvalue weighted by Gasteiger charge is -2.31. The van der Waals surface area contributed by atoms with Crippen molar-refractivity contribution < 1.29 is 5.11 Å². The molecule has 1 fully saturated rings. The number of aromatic nitrogens is 2. The Morgan fingerprint density at radius 3 is 2.79 bits per heavy atom. The number of benzene rings is 1. The molecule has 3 nitrogen and oxygen atoms in total. The van der Waals surface area contributed by atoms with E-state index in [9.17, 15) is 5.11 Å². The van der Waals surface area contributed by atoms with Crippen LogP contribution in [0.15, 0.2) is 30.5 Å². The van der Waals surface area contributed by atoms with Gasteiger partial charge < -0.3 is 5.11 Å². The van der Waals surface area contributed by atoms with Gasteiger partial charge in [0.15, 0.2) is 0 Å². The summed E-state index contributed by atoms with van der Waals surface area (Å²) in [6.07, 6.45) is 3.63. The number of aliphatic hydroxyl groups excluding tert-OH is 1. The minimum absolute atomic E-state index is 0.118. The molecule has 1 heterocycles. The van der Waals surface area contributed by atoms with Crippen molar-refractivity contribution >= 4 is 10.9 Å². The molecule has 0 saturated heterocycles. The summed E-state index contributed by atoms with van der Waals surface area (Å²) in [6.45, 7) is 0. The molecule has 0 radical (unpaired) electrons. The molecule has 2 aromatic rings. The Morgan fingerprint density at radius 1 is 1.29 bits per heavy atom. The highest BCUT2D eigenvalue weighted by atomic mass is 16.3. The molecule has 1 N–H and O–H groups in total. The predicted molar refractivity (Wildman–Crippen MR) is 54.0 cm³/mol. The van der Waals surface area contributed by atoms with Gasteiger partial charge >= 0.3 is 0 Å². The van der Waals surface area contributed by atoms with Crippen LogP contribution >= 0.6 is 0 Å². The van der Waals surface area contributed by atoms with Crippen LogP contribution in [0.3, 0.4) is 0 Å². The van der Waals surface area contributed by atoms with Crippen molar-refractivity contribution in [2.45, 2.75) is 25.0 Å². The quantitative estimate of drug-likeness (QED) is 0.740. The van der Waals surface area contributed by atoms with Crippen LogP contribution in [0, 0.1) is 0 Å². The number of fused-ring (bicyclic) bond motifs is 1. The highest BCUT2D eigenvalue weighted by Crippen LogP contribution is 2.32. The summed E-state index contributed by atoms with van der Waals surface area (Å²) in [6, 6.07) is 8.49. The van der Waals surface area contributed by atoms with Crippen LogP contribution in [0.1, 0.15) is 18.9 Å². The molecular weight excluding hydrogens is 176 g/mol. The van der Waals surface area contributed by atoms with Crippen LogP contribution in [0.25, 0.3) is 10.9 Å². The fraction of sp³-hybridized carbons (Fsp3) is 0.364. The number of aliphatic hydroxyl groups is 1. The second-order valence-electron chi connectivity index (χ2n) is 3.95. The molecular formula is C11H12N2O. The molecule has 3 rings (SSSR count). The molecule has 72 valence electrons. The van der Waals surface area contributed by atoms with Crippen molar-refractivity contribution in [3.8, 4) is 0 Å². The Balaban J connectivity index is 1.99. The zero-order valence-corrected chi connectivity index (χ0v) is 7.80. The predicted octanol–water partition coefficient (Wildman–Crippen LogP) is 1.73. The number of rotatable bonds is 1.